The molecular formula is C12H14FNO. The predicted molar refractivity (Wildman–Crippen MR) is 56.3 cm³/mol. The molecule has 0 N–H and O–H groups in total. The molecule has 0 radical (unpaired) electrons. The van der Waals surface area contributed by atoms with Gasteiger partial charge in [0.05, 0.1) is 0 Å². The molecule has 0 unspecified atom stereocenters. The van der Waals surface area contributed by atoms with E-state index in [0.29, 0.717) is 17.7 Å². The zero-order chi connectivity index (χ0) is 10.7. The van der Waals surface area contributed by atoms with Gasteiger partial charge in [-0.25, -0.2) is 4.39 Å². The zero-order valence-corrected chi connectivity index (χ0v) is 8.58. The predicted octanol–water partition coefficient (Wildman–Crippen LogP) is 2.23. The SMILES string of the molecule is O=Cc1ccc(F)c(CN2CCCC2)c1. The van der Waals surface area contributed by atoms with Crippen molar-refractivity contribution in [3.8, 4) is 0 Å². The Kier molecular flexibility index (Phi) is 3.11. The molecule has 0 bridgehead atoms. The Labute approximate surface area is 88.7 Å². The summed E-state index contributed by atoms with van der Waals surface area (Å²) in [6.45, 7) is 2.68. The molecule has 0 spiro atoms. The van der Waals surface area contributed by atoms with Gasteiger partial charge in [-0.2, -0.15) is 0 Å². The lowest BCUT2D eigenvalue weighted by Crippen LogP contribution is -2.19. The normalized spacial score (nSPS) is 16.9. The quantitative estimate of drug-likeness (QED) is 0.708. The number of hydrogen-bond acceptors (Lipinski definition) is 2. The van der Waals surface area contributed by atoms with Gasteiger partial charge in [0.1, 0.15) is 12.1 Å². The van der Waals surface area contributed by atoms with E-state index in [1.165, 1.54) is 25.0 Å². The van der Waals surface area contributed by atoms with Crippen LogP contribution in [0, 0.1) is 5.82 Å². The molecule has 1 aliphatic heterocycles. The standard InChI is InChI=1S/C12H14FNO/c13-12-4-3-10(9-15)7-11(12)8-14-5-1-2-6-14/h3-4,7,9H,1-2,5-6,8H2. The maximum atomic E-state index is 13.4. The van der Waals surface area contributed by atoms with E-state index in [1.54, 1.807) is 6.07 Å². The molecule has 0 saturated carbocycles. The zero-order valence-electron chi connectivity index (χ0n) is 8.58. The molecule has 0 aromatic heterocycles. The lowest BCUT2D eigenvalue weighted by Gasteiger charge is -2.15. The largest absolute Gasteiger partial charge is 0.299 e. The van der Waals surface area contributed by atoms with Gasteiger partial charge in [-0.15, -0.1) is 0 Å². The number of hydrogen-bond donors (Lipinski definition) is 0. The van der Waals surface area contributed by atoms with Gasteiger partial charge >= 0.3 is 0 Å². The second-order valence-corrected chi connectivity index (χ2v) is 3.95. The van der Waals surface area contributed by atoms with Crippen molar-refractivity contribution in [2.75, 3.05) is 13.1 Å². The molecule has 15 heavy (non-hydrogen) atoms. The molecule has 0 amide bonds. The Hall–Kier alpha value is -1.22. The van der Waals surface area contributed by atoms with Crippen molar-refractivity contribution in [3.05, 3.63) is 35.1 Å². The molecule has 1 heterocycles. The summed E-state index contributed by atoms with van der Waals surface area (Å²) in [6.07, 6.45) is 3.14. The molecule has 1 aromatic rings. The lowest BCUT2D eigenvalue weighted by atomic mass is 10.1. The van der Waals surface area contributed by atoms with Gasteiger partial charge in [0.2, 0.25) is 0 Å². The van der Waals surface area contributed by atoms with E-state index in [1.807, 2.05) is 0 Å². The first-order valence-electron chi connectivity index (χ1n) is 5.25. The number of aldehydes is 1. The van der Waals surface area contributed by atoms with Crippen LogP contribution in [0.4, 0.5) is 4.39 Å². The average molecular weight is 207 g/mol. The number of halogens is 1. The molecule has 1 aliphatic rings. The summed E-state index contributed by atoms with van der Waals surface area (Å²) in [4.78, 5) is 12.8. The van der Waals surface area contributed by atoms with Gasteiger partial charge in [-0.1, -0.05) is 0 Å². The Bertz CT molecular complexity index is 359. The number of carbonyl (C=O) groups excluding carboxylic acids is 1. The first-order chi connectivity index (χ1) is 7.29. The van der Waals surface area contributed by atoms with Crippen molar-refractivity contribution in [1.29, 1.82) is 0 Å². The molecule has 2 nitrogen and oxygen atoms in total. The summed E-state index contributed by atoms with van der Waals surface area (Å²) in [6, 6.07) is 4.52. The number of rotatable bonds is 3. The van der Waals surface area contributed by atoms with Crippen LogP contribution >= 0.6 is 0 Å². The minimum absolute atomic E-state index is 0.215. The van der Waals surface area contributed by atoms with Crippen LogP contribution in [0.5, 0.6) is 0 Å². The minimum atomic E-state index is -0.215. The third kappa shape index (κ3) is 2.42. The molecular weight excluding hydrogens is 193 g/mol. The van der Waals surface area contributed by atoms with E-state index in [9.17, 15) is 9.18 Å². The first kappa shape index (κ1) is 10.3. The molecule has 0 aliphatic carbocycles. The highest BCUT2D eigenvalue weighted by atomic mass is 19.1. The smallest absolute Gasteiger partial charge is 0.150 e. The van der Waals surface area contributed by atoms with Gasteiger partial charge in [0.25, 0.3) is 0 Å². The third-order valence-electron chi connectivity index (χ3n) is 2.80. The summed E-state index contributed by atoms with van der Waals surface area (Å²) >= 11 is 0. The minimum Gasteiger partial charge on any atom is -0.299 e. The van der Waals surface area contributed by atoms with Crippen molar-refractivity contribution in [2.24, 2.45) is 0 Å². The van der Waals surface area contributed by atoms with Crippen molar-refractivity contribution >= 4 is 6.29 Å². The average Bonchev–Trinajstić information content (AvgIpc) is 2.74. The van der Waals surface area contributed by atoms with Crippen LogP contribution in [0.3, 0.4) is 0 Å². The third-order valence-corrected chi connectivity index (χ3v) is 2.80. The van der Waals surface area contributed by atoms with E-state index in [2.05, 4.69) is 4.90 Å². The van der Waals surface area contributed by atoms with E-state index < -0.39 is 0 Å². The van der Waals surface area contributed by atoms with Gasteiger partial charge in [0.15, 0.2) is 0 Å². The highest BCUT2D eigenvalue weighted by Gasteiger charge is 2.14. The van der Waals surface area contributed by atoms with E-state index in [4.69, 9.17) is 0 Å². The fourth-order valence-corrected chi connectivity index (χ4v) is 1.97. The number of likely N-dealkylation sites (tertiary alicyclic amines) is 1. The molecule has 3 heteroatoms. The monoisotopic (exact) mass is 207 g/mol. The van der Waals surface area contributed by atoms with Crippen molar-refractivity contribution in [1.82, 2.24) is 4.90 Å². The van der Waals surface area contributed by atoms with Gasteiger partial charge < -0.3 is 0 Å². The van der Waals surface area contributed by atoms with E-state index in [0.717, 1.165) is 19.4 Å². The van der Waals surface area contributed by atoms with Crippen LogP contribution < -0.4 is 0 Å². The van der Waals surface area contributed by atoms with Crippen LogP contribution in [-0.4, -0.2) is 24.3 Å². The van der Waals surface area contributed by atoms with Crippen LogP contribution in [0.15, 0.2) is 18.2 Å². The maximum absolute atomic E-state index is 13.4. The maximum Gasteiger partial charge on any atom is 0.150 e. The summed E-state index contributed by atoms with van der Waals surface area (Å²) < 4.78 is 13.4. The van der Waals surface area contributed by atoms with Crippen LogP contribution in [0.2, 0.25) is 0 Å². The van der Waals surface area contributed by atoms with Gasteiger partial charge in [-0.05, 0) is 44.1 Å². The second-order valence-electron chi connectivity index (χ2n) is 3.95. The van der Waals surface area contributed by atoms with E-state index >= 15 is 0 Å². The molecule has 80 valence electrons. The fraction of sp³-hybridized carbons (Fsp3) is 0.417. The number of nitrogens with zero attached hydrogens (tertiary/aromatic N) is 1. The Morgan fingerprint density at radius 2 is 2.07 bits per heavy atom. The molecule has 0 atom stereocenters. The van der Waals surface area contributed by atoms with Crippen LogP contribution in [0.1, 0.15) is 28.8 Å². The molecule has 1 saturated heterocycles. The Morgan fingerprint density at radius 3 is 2.73 bits per heavy atom. The van der Waals surface area contributed by atoms with Gasteiger partial charge in [0, 0.05) is 17.7 Å². The summed E-state index contributed by atoms with van der Waals surface area (Å²) in [5.41, 5.74) is 1.17. The Balaban J connectivity index is 2.14. The first-order valence-corrected chi connectivity index (χ1v) is 5.25. The van der Waals surface area contributed by atoms with Crippen molar-refractivity contribution < 1.29 is 9.18 Å². The van der Waals surface area contributed by atoms with Crippen LogP contribution in [0.25, 0.3) is 0 Å². The van der Waals surface area contributed by atoms with E-state index in [-0.39, 0.29) is 5.82 Å². The summed E-state index contributed by atoms with van der Waals surface area (Å²) in [5, 5.41) is 0. The highest BCUT2D eigenvalue weighted by molar-refractivity contribution is 5.74. The summed E-state index contributed by atoms with van der Waals surface area (Å²) in [5.74, 6) is -0.215. The fourth-order valence-electron chi connectivity index (χ4n) is 1.97. The summed E-state index contributed by atoms with van der Waals surface area (Å²) in [7, 11) is 0. The molecule has 2 rings (SSSR count). The number of carbonyl (C=O) groups is 1. The second kappa shape index (κ2) is 4.53. The lowest BCUT2D eigenvalue weighted by molar-refractivity contribution is 0.112. The van der Waals surface area contributed by atoms with Crippen molar-refractivity contribution in [3.63, 3.8) is 0 Å². The number of benzene rings is 1. The topological polar surface area (TPSA) is 20.3 Å². The highest BCUT2D eigenvalue weighted by Crippen LogP contribution is 2.16. The van der Waals surface area contributed by atoms with Crippen molar-refractivity contribution in [2.45, 2.75) is 19.4 Å². The Morgan fingerprint density at radius 1 is 1.33 bits per heavy atom. The molecule has 1 fully saturated rings. The molecule has 1 aromatic carbocycles. The van der Waals surface area contributed by atoms with Gasteiger partial charge in [-0.3, -0.25) is 9.69 Å². The van der Waals surface area contributed by atoms with Crippen LogP contribution in [-0.2, 0) is 6.54 Å².